The smallest absolute Gasteiger partial charge is 0.123 e. The minimum Gasteiger partial charge on any atom is -0.494 e. The lowest BCUT2D eigenvalue weighted by molar-refractivity contribution is 0.305. The molecule has 0 bridgehead atoms. The van der Waals surface area contributed by atoms with Crippen LogP contribution in [0.3, 0.4) is 0 Å². The van der Waals surface area contributed by atoms with Gasteiger partial charge in [-0.25, -0.2) is 4.39 Å². The van der Waals surface area contributed by atoms with E-state index < -0.39 is 0 Å². The molecule has 0 unspecified atom stereocenters. The third-order valence-electron chi connectivity index (χ3n) is 4.04. The first kappa shape index (κ1) is 14.8. The topological polar surface area (TPSA) is 9.23 Å². The van der Waals surface area contributed by atoms with Crippen LogP contribution < -0.4 is 4.74 Å². The van der Waals surface area contributed by atoms with Crippen LogP contribution in [0.15, 0.2) is 48.5 Å². The first-order chi connectivity index (χ1) is 10.8. The fourth-order valence-corrected chi connectivity index (χ4v) is 2.83. The van der Waals surface area contributed by atoms with Crippen molar-refractivity contribution in [1.29, 1.82) is 0 Å². The van der Waals surface area contributed by atoms with Gasteiger partial charge >= 0.3 is 0 Å². The molecule has 0 saturated carbocycles. The Morgan fingerprint density at radius 3 is 2.32 bits per heavy atom. The molecule has 0 aromatic heterocycles. The lowest BCUT2D eigenvalue weighted by atomic mass is 10.0. The Morgan fingerprint density at radius 1 is 0.818 bits per heavy atom. The van der Waals surface area contributed by atoms with E-state index in [1.807, 2.05) is 24.3 Å². The predicted molar refractivity (Wildman–Crippen MR) is 91.0 cm³/mol. The Labute approximate surface area is 130 Å². The third-order valence-corrected chi connectivity index (χ3v) is 4.04. The zero-order chi connectivity index (χ0) is 15.4. The van der Waals surface area contributed by atoms with Gasteiger partial charge in [0.15, 0.2) is 0 Å². The number of hydrogen-bond acceptors (Lipinski definition) is 1. The van der Waals surface area contributed by atoms with E-state index in [-0.39, 0.29) is 5.82 Å². The van der Waals surface area contributed by atoms with Gasteiger partial charge in [-0.2, -0.15) is 0 Å². The summed E-state index contributed by atoms with van der Waals surface area (Å²) in [7, 11) is 0. The van der Waals surface area contributed by atoms with E-state index in [2.05, 4.69) is 19.1 Å². The summed E-state index contributed by atoms with van der Waals surface area (Å²) in [5, 5.41) is 4.27. The van der Waals surface area contributed by atoms with Crippen molar-refractivity contribution < 1.29 is 9.13 Å². The van der Waals surface area contributed by atoms with Crippen LogP contribution in [-0.4, -0.2) is 6.61 Å². The Bertz CT molecular complexity index is 779. The van der Waals surface area contributed by atoms with Gasteiger partial charge in [0.05, 0.1) is 6.61 Å². The first-order valence-corrected chi connectivity index (χ1v) is 8.03. The minimum absolute atomic E-state index is 0.195. The molecule has 0 fully saturated rings. The second-order valence-electron chi connectivity index (χ2n) is 5.72. The maximum Gasteiger partial charge on any atom is 0.123 e. The fourth-order valence-electron chi connectivity index (χ4n) is 2.83. The molecule has 0 amide bonds. The van der Waals surface area contributed by atoms with Crippen molar-refractivity contribution in [3.05, 3.63) is 54.3 Å². The van der Waals surface area contributed by atoms with E-state index in [1.165, 1.54) is 25.3 Å². The fraction of sp³-hybridized carbons (Fsp3) is 0.300. The summed E-state index contributed by atoms with van der Waals surface area (Å²) in [6, 6.07) is 15.1. The Kier molecular flexibility index (Phi) is 4.57. The molecule has 2 heteroatoms. The molecular weight excluding hydrogens is 275 g/mol. The van der Waals surface area contributed by atoms with Gasteiger partial charge in [0.2, 0.25) is 0 Å². The van der Waals surface area contributed by atoms with Gasteiger partial charge in [0.1, 0.15) is 11.6 Å². The Morgan fingerprint density at radius 2 is 1.55 bits per heavy atom. The van der Waals surface area contributed by atoms with Crippen molar-refractivity contribution in [2.24, 2.45) is 0 Å². The van der Waals surface area contributed by atoms with E-state index in [9.17, 15) is 4.39 Å². The molecule has 0 radical (unpaired) electrons. The SMILES string of the molecule is CCCCCCOc1ccc2c(ccc3cc(F)ccc32)c1. The monoisotopic (exact) mass is 296 g/mol. The number of hydrogen-bond donors (Lipinski definition) is 0. The van der Waals surface area contributed by atoms with Gasteiger partial charge in [-0.15, -0.1) is 0 Å². The quantitative estimate of drug-likeness (QED) is 0.395. The number of rotatable bonds is 6. The molecule has 0 saturated heterocycles. The van der Waals surface area contributed by atoms with Gasteiger partial charge in [-0.3, -0.25) is 0 Å². The Balaban J connectivity index is 1.81. The molecule has 0 aliphatic heterocycles. The summed E-state index contributed by atoms with van der Waals surface area (Å²) in [4.78, 5) is 0. The number of benzene rings is 3. The summed E-state index contributed by atoms with van der Waals surface area (Å²) < 4.78 is 19.1. The third kappa shape index (κ3) is 3.22. The van der Waals surface area contributed by atoms with Gasteiger partial charge in [0, 0.05) is 0 Å². The maximum atomic E-state index is 13.3. The molecule has 0 aliphatic rings. The van der Waals surface area contributed by atoms with Crippen molar-refractivity contribution >= 4 is 21.5 Å². The summed E-state index contributed by atoms with van der Waals surface area (Å²) in [5.41, 5.74) is 0. The van der Waals surface area contributed by atoms with Gasteiger partial charge in [-0.1, -0.05) is 50.5 Å². The van der Waals surface area contributed by atoms with Crippen LogP contribution in [0.1, 0.15) is 32.6 Å². The number of ether oxygens (including phenoxy) is 1. The van der Waals surface area contributed by atoms with E-state index in [0.29, 0.717) is 0 Å². The van der Waals surface area contributed by atoms with Crippen LogP contribution in [0.2, 0.25) is 0 Å². The highest BCUT2D eigenvalue weighted by Crippen LogP contribution is 2.28. The van der Waals surface area contributed by atoms with Crippen molar-refractivity contribution in [2.45, 2.75) is 32.6 Å². The molecule has 1 nitrogen and oxygen atoms in total. The van der Waals surface area contributed by atoms with Crippen molar-refractivity contribution in [1.82, 2.24) is 0 Å². The van der Waals surface area contributed by atoms with Crippen LogP contribution in [-0.2, 0) is 0 Å². The number of unbranched alkanes of at least 4 members (excludes halogenated alkanes) is 3. The average molecular weight is 296 g/mol. The molecule has 0 heterocycles. The molecule has 3 aromatic rings. The molecule has 22 heavy (non-hydrogen) atoms. The Hall–Kier alpha value is -2.09. The summed E-state index contributed by atoms with van der Waals surface area (Å²) >= 11 is 0. The summed E-state index contributed by atoms with van der Waals surface area (Å²) in [6.07, 6.45) is 4.83. The second-order valence-corrected chi connectivity index (χ2v) is 5.72. The van der Waals surface area contributed by atoms with Crippen LogP contribution in [0.5, 0.6) is 5.75 Å². The summed E-state index contributed by atoms with van der Waals surface area (Å²) in [5.74, 6) is 0.712. The van der Waals surface area contributed by atoms with Crippen molar-refractivity contribution in [3.8, 4) is 5.75 Å². The van der Waals surface area contributed by atoms with Gasteiger partial charge < -0.3 is 4.74 Å². The molecule has 0 atom stereocenters. The standard InChI is InChI=1S/C20H21FO/c1-2-3-4-5-12-22-18-9-11-20-16(14-18)7-6-15-13-17(21)8-10-19(15)20/h6-11,13-14H,2-5,12H2,1H3. The van der Waals surface area contributed by atoms with E-state index in [4.69, 9.17) is 4.74 Å². The normalized spacial score (nSPS) is 11.2. The van der Waals surface area contributed by atoms with Crippen LogP contribution in [0.25, 0.3) is 21.5 Å². The number of halogens is 1. The van der Waals surface area contributed by atoms with E-state index in [0.717, 1.165) is 40.3 Å². The van der Waals surface area contributed by atoms with E-state index >= 15 is 0 Å². The zero-order valence-corrected chi connectivity index (χ0v) is 12.9. The molecule has 0 aliphatic carbocycles. The zero-order valence-electron chi connectivity index (χ0n) is 12.9. The lowest BCUT2D eigenvalue weighted by Crippen LogP contribution is -1.97. The molecule has 0 N–H and O–H groups in total. The van der Waals surface area contributed by atoms with Crippen LogP contribution >= 0.6 is 0 Å². The van der Waals surface area contributed by atoms with E-state index in [1.54, 1.807) is 6.07 Å². The highest BCUT2D eigenvalue weighted by molar-refractivity contribution is 6.07. The van der Waals surface area contributed by atoms with Crippen molar-refractivity contribution in [2.75, 3.05) is 6.61 Å². The van der Waals surface area contributed by atoms with Crippen LogP contribution in [0.4, 0.5) is 4.39 Å². The second kappa shape index (κ2) is 6.78. The molecule has 3 aromatic carbocycles. The molecule has 0 spiro atoms. The largest absolute Gasteiger partial charge is 0.494 e. The van der Waals surface area contributed by atoms with Crippen LogP contribution in [0, 0.1) is 5.82 Å². The maximum absolute atomic E-state index is 13.3. The summed E-state index contributed by atoms with van der Waals surface area (Å²) in [6.45, 7) is 2.98. The highest BCUT2D eigenvalue weighted by Gasteiger charge is 2.03. The van der Waals surface area contributed by atoms with Crippen molar-refractivity contribution in [3.63, 3.8) is 0 Å². The molecular formula is C20H21FO. The number of fused-ring (bicyclic) bond motifs is 3. The molecule has 3 rings (SSSR count). The van der Waals surface area contributed by atoms with Gasteiger partial charge in [0.25, 0.3) is 0 Å². The lowest BCUT2D eigenvalue weighted by Gasteiger charge is -2.09. The molecule has 114 valence electrons. The van der Waals surface area contributed by atoms with Gasteiger partial charge in [-0.05, 0) is 52.2 Å². The predicted octanol–water partition coefficient (Wildman–Crippen LogP) is 6.09. The average Bonchev–Trinajstić information content (AvgIpc) is 2.54. The minimum atomic E-state index is -0.195. The highest BCUT2D eigenvalue weighted by atomic mass is 19.1. The first-order valence-electron chi connectivity index (χ1n) is 8.03.